The molecule has 0 radical (unpaired) electrons. The Morgan fingerprint density at radius 3 is 2.61 bits per heavy atom. The van der Waals surface area contributed by atoms with Crippen molar-refractivity contribution in [1.29, 1.82) is 0 Å². The van der Waals surface area contributed by atoms with Crippen LogP contribution in [-0.4, -0.2) is 22.4 Å². The highest BCUT2D eigenvalue weighted by Crippen LogP contribution is 2.33. The molecular formula is C9H6ClF3INO3. The lowest BCUT2D eigenvalue weighted by molar-refractivity contribution is -0.275. The van der Waals surface area contributed by atoms with Crippen LogP contribution < -0.4 is 4.74 Å². The van der Waals surface area contributed by atoms with Crippen LogP contribution in [0.4, 0.5) is 13.2 Å². The Kier molecular flexibility index (Phi) is 5.02. The second-order valence-electron chi connectivity index (χ2n) is 3.13. The van der Waals surface area contributed by atoms with Crippen LogP contribution in [-0.2, 0) is 17.1 Å². The Bertz CT molecular complexity index is 467. The standard InChI is InChI=1S/C9H6ClF3INO3/c10-2-5-4(1-6(16)17)3-15-8(14)7(5)18-9(11,12)13/h3H,1-2H2,(H,16,17). The molecule has 0 amide bonds. The summed E-state index contributed by atoms with van der Waals surface area (Å²) in [5.41, 5.74) is 0.0768. The molecular weight excluding hydrogens is 389 g/mol. The van der Waals surface area contributed by atoms with Gasteiger partial charge in [-0.15, -0.1) is 24.8 Å². The van der Waals surface area contributed by atoms with Crippen molar-refractivity contribution in [3.63, 3.8) is 0 Å². The predicted octanol–water partition coefficient (Wildman–Crippen LogP) is 2.95. The van der Waals surface area contributed by atoms with Crippen molar-refractivity contribution in [3.8, 4) is 5.75 Å². The monoisotopic (exact) mass is 395 g/mol. The van der Waals surface area contributed by atoms with Crippen LogP contribution in [0, 0.1) is 3.70 Å². The average Bonchev–Trinajstić information content (AvgIpc) is 2.20. The van der Waals surface area contributed by atoms with Gasteiger partial charge in [0.25, 0.3) is 0 Å². The second-order valence-corrected chi connectivity index (χ2v) is 4.42. The number of aliphatic carboxylic acids is 1. The molecule has 0 aliphatic carbocycles. The van der Waals surface area contributed by atoms with Crippen LogP contribution >= 0.6 is 34.2 Å². The smallest absolute Gasteiger partial charge is 0.481 e. The summed E-state index contributed by atoms with van der Waals surface area (Å²) in [7, 11) is 0. The summed E-state index contributed by atoms with van der Waals surface area (Å²) in [6, 6.07) is 0. The number of ether oxygens (including phenoxy) is 1. The van der Waals surface area contributed by atoms with Crippen molar-refractivity contribution in [3.05, 3.63) is 21.0 Å². The van der Waals surface area contributed by atoms with Gasteiger partial charge in [-0.1, -0.05) is 0 Å². The van der Waals surface area contributed by atoms with E-state index in [0.29, 0.717) is 0 Å². The van der Waals surface area contributed by atoms with Crippen LogP contribution in [0.2, 0.25) is 0 Å². The van der Waals surface area contributed by atoms with Crippen LogP contribution in [0.5, 0.6) is 5.75 Å². The summed E-state index contributed by atoms with van der Waals surface area (Å²) in [6.45, 7) is 0. The highest BCUT2D eigenvalue weighted by molar-refractivity contribution is 14.1. The molecule has 1 aromatic rings. The summed E-state index contributed by atoms with van der Waals surface area (Å²) >= 11 is 7.11. The Balaban J connectivity index is 3.25. The molecule has 0 unspecified atom stereocenters. The number of alkyl halides is 4. The first-order valence-corrected chi connectivity index (χ1v) is 6.05. The van der Waals surface area contributed by atoms with Gasteiger partial charge in [0, 0.05) is 11.8 Å². The Hall–Kier alpha value is -0.770. The van der Waals surface area contributed by atoms with Gasteiger partial charge in [0.05, 0.1) is 12.3 Å². The summed E-state index contributed by atoms with van der Waals surface area (Å²) in [5, 5.41) is 8.64. The Labute approximate surface area is 118 Å². The Morgan fingerprint density at radius 1 is 1.56 bits per heavy atom. The first-order valence-electron chi connectivity index (χ1n) is 4.44. The van der Waals surface area contributed by atoms with Gasteiger partial charge in [-0.2, -0.15) is 0 Å². The molecule has 0 fully saturated rings. The highest BCUT2D eigenvalue weighted by atomic mass is 127. The molecule has 0 aliphatic rings. The number of halogens is 5. The lowest BCUT2D eigenvalue weighted by Gasteiger charge is -2.15. The SMILES string of the molecule is O=C(O)Cc1cnc(I)c(OC(F)(F)F)c1CCl. The molecule has 100 valence electrons. The van der Waals surface area contributed by atoms with E-state index in [1.54, 1.807) is 22.6 Å². The third-order valence-electron chi connectivity index (χ3n) is 1.88. The van der Waals surface area contributed by atoms with Crippen molar-refractivity contribution in [2.75, 3.05) is 0 Å². The fourth-order valence-corrected chi connectivity index (χ4v) is 2.09. The maximum Gasteiger partial charge on any atom is 0.573 e. The minimum atomic E-state index is -4.88. The van der Waals surface area contributed by atoms with Gasteiger partial charge >= 0.3 is 12.3 Å². The highest BCUT2D eigenvalue weighted by Gasteiger charge is 2.34. The minimum Gasteiger partial charge on any atom is -0.481 e. The first kappa shape index (κ1) is 15.3. The van der Waals surface area contributed by atoms with Crippen LogP contribution in [0.3, 0.4) is 0 Å². The molecule has 1 heterocycles. The zero-order valence-electron chi connectivity index (χ0n) is 8.59. The van der Waals surface area contributed by atoms with Crippen LogP contribution in [0.25, 0.3) is 0 Å². The molecule has 9 heteroatoms. The van der Waals surface area contributed by atoms with E-state index in [0.717, 1.165) is 0 Å². The number of hydrogen-bond donors (Lipinski definition) is 1. The molecule has 4 nitrogen and oxygen atoms in total. The number of carbonyl (C=O) groups is 1. The van der Waals surface area contributed by atoms with Crippen molar-refractivity contribution in [2.45, 2.75) is 18.7 Å². The number of carboxylic acid groups (broad SMARTS) is 1. The van der Waals surface area contributed by atoms with E-state index in [2.05, 4.69) is 9.72 Å². The fourth-order valence-electron chi connectivity index (χ4n) is 1.22. The number of hydrogen-bond acceptors (Lipinski definition) is 3. The molecule has 18 heavy (non-hydrogen) atoms. The van der Waals surface area contributed by atoms with Crippen molar-refractivity contribution < 1.29 is 27.8 Å². The summed E-state index contributed by atoms with van der Waals surface area (Å²) < 4.78 is 40.5. The predicted molar refractivity (Wildman–Crippen MR) is 64.5 cm³/mol. The van der Waals surface area contributed by atoms with Gasteiger partial charge in [-0.25, -0.2) is 4.98 Å². The Morgan fingerprint density at radius 2 is 2.17 bits per heavy atom. The molecule has 0 saturated heterocycles. The molecule has 0 bridgehead atoms. The lowest BCUT2D eigenvalue weighted by atomic mass is 10.1. The molecule has 1 N–H and O–H groups in total. The van der Waals surface area contributed by atoms with Crippen LogP contribution in [0.15, 0.2) is 6.20 Å². The van der Waals surface area contributed by atoms with E-state index < -0.39 is 24.5 Å². The van der Waals surface area contributed by atoms with Gasteiger partial charge in [-0.3, -0.25) is 4.79 Å². The quantitative estimate of drug-likeness (QED) is 0.484. The van der Waals surface area contributed by atoms with Crippen LogP contribution in [0.1, 0.15) is 11.1 Å². The van der Waals surface area contributed by atoms with E-state index in [4.69, 9.17) is 16.7 Å². The topological polar surface area (TPSA) is 59.4 Å². The van der Waals surface area contributed by atoms with Gasteiger partial charge < -0.3 is 9.84 Å². The second kappa shape index (κ2) is 5.91. The summed E-state index contributed by atoms with van der Waals surface area (Å²) in [5.74, 6) is -2.04. The zero-order chi connectivity index (χ0) is 13.9. The molecule has 0 aliphatic heterocycles. The summed E-state index contributed by atoms with van der Waals surface area (Å²) in [6.07, 6.45) is -4.18. The molecule has 0 aromatic carbocycles. The third kappa shape index (κ3) is 4.16. The number of aromatic nitrogens is 1. The van der Waals surface area contributed by atoms with Crippen molar-refractivity contribution >= 4 is 40.2 Å². The van der Waals surface area contributed by atoms with E-state index >= 15 is 0 Å². The van der Waals surface area contributed by atoms with E-state index in [-0.39, 0.29) is 20.7 Å². The first-order chi connectivity index (χ1) is 8.24. The average molecular weight is 396 g/mol. The maximum absolute atomic E-state index is 12.2. The van der Waals surface area contributed by atoms with Crippen molar-refractivity contribution in [2.24, 2.45) is 0 Å². The van der Waals surface area contributed by atoms with Gasteiger partial charge in [0.1, 0.15) is 3.70 Å². The van der Waals surface area contributed by atoms with Gasteiger partial charge in [-0.05, 0) is 28.2 Å². The molecule has 0 saturated carbocycles. The van der Waals surface area contributed by atoms with Gasteiger partial charge in [0.15, 0.2) is 5.75 Å². The van der Waals surface area contributed by atoms with E-state index in [1.807, 2.05) is 0 Å². The number of carboxylic acids is 1. The molecule has 1 rings (SSSR count). The maximum atomic E-state index is 12.2. The lowest BCUT2D eigenvalue weighted by Crippen LogP contribution is -2.20. The number of rotatable bonds is 4. The normalized spacial score (nSPS) is 11.4. The largest absolute Gasteiger partial charge is 0.573 e. The minimum absolute atomic E-state index is 0.0178. The summed E-state index contributed by atoms with van der Waals surface area (Å²) in [4.78, 5) is 14.2. The zero-order valence-corrected chi connectivity index (χ0v) is 11.5. The third-order valence-corrected chi connectivity index (χ3v) is 2.91. The molecule has 1 aromatic heterocycles. The molecule has 0 spiro atoms. The molecule has 0 atom stereocenters. The number of nitrogens with zero attached hydrogens (tertiary/aromatic N) is 1. The van der Waals surface area contributed by atoms with Crippen molar-refractivity contribution in [1.82, 2.24) is 4.98 Å². The van der Waals surface area contributed by atoms with E-state index in [1.165, 1.54) is 6.20 Å². The fraction of sp³-hybridized carbons (Fsp3) is 0.333. The number of pyridine rings is 1. The van der Waals surface area contributed by atoms with E-state index in [9.17, 15) is 18.0 Å². The van der Waals surface area contributed by atoms with Gasteiger partial charge in [0.2, 0.25) is 0 Å².